The van der Waals surface area contributed by atoms with Gasteiger partial charge in [-0.05, 0) is 26.3 Å². The number of benzene rings is 1. The number of aromatic nitrogens is 4. The molecule has 5 heteroatoms. The molecule has 3 aromatic rings. The van der Waals surface area contributed by atoms with Crippen LogP contribution in [-0.2, 0) is 6.42 Å². The molecule has 0 aliphatic carbocycles. The van der Waals surface area contributed by atoms with E-state index in [0.29, 0.717) is 0 Å². The molecule has 5 nitrogen and oxygen atoms in total. The molecule has 3 rings (SSSR count). The van der Waals surface area contributed by atoms with Crippen LogP contribution in [0.2, 0.25) is 0 Å². The third kappa shape index (κ3) is 2.99. The lowest BCUT2D eigenvalue weighted by atomic mass is 10.1. The van der Waals surface area contributed by atoms with E-state index >= 15 is 0 Å². The molecule has 0 atom stereocenters. The third-order valence-electron chi connectivity index (χ3n) is 3.80. The average molecular weight is 295 g/mol. The predicted molar refractivity (Wildman–Crippen MR) is 87.6 cm³/mol. The molecule has 0 amide bonds. The van der Waals surface area contributed by atoms with Gasteiger partial charge >= 0.3 is 0 Å². The van der Waals surface area contributed by atoms with Crippen molar-refractivity contribution in [2.24, 2.45) is 5.73 Å². The molecule has 114 valence electrons. The summed E-state index contributed by atoms with van der Waals surface area (Å²) in [5, 5.41) is 8.64. The molecule has 1 aromatic carbocycles. The maximum atomic E-state index is 5.53. The van der Waals surface area contributed by atoms with Gasteiger partial charge in [0.1, 0.15) is 11.6 Å². The van der Waals surface area contributed by atoms with E-state index in [1.165, 1.54) is 0 Å². The van der Waals surface area contributed by atoms with Crippen LogP contribution in [0.5, 0.6) is 0 Å². The van der Waals surface area contributed by atoms with E-state index in [1.54, 1.807) is 0 Å². The van der Waals surface area contributed by atoms with Crippen LogP contribution in [0.4, 0.5) is 0 Å². The molecule has 0 unspecified atom stereocenters. The maximum absolute atomic E-state index is 5.53. The lowest BCUT2D eigenvalue weighted by Crippen LogP contribution is -2.03. The second-order valence-electron chi connectivity index (χ2n) is 5.46. The van der Waals surface area contributed by atoms with Crippen LogP contribution in [0.15, 0.2) is 36.4 Å². The lowest BCUT2D eigenvalue weighted by Gasteiger charge is -2.06. The van der Waals surface area contributed by atoms with Gasteiger partial charge in [-0.3, -0.25) is 4.40 Å². The number of fused-ring (bicyclic) bond motifs is 1. The highest BCUT2D eigenvalue weighted by Crippen LogP contribution is 2.20. The number of unbranched alkanes of at least 4 members (excludes halogenated alkanes) is 2. The van der Waals surface area contributed by atoms with Crippen LogP contribution in [0.3, 0.4) is 0 Å². The third-order valence-corrected chi connectivity index (χ3v) is 3.80. The highest BCUT2D eigenvalue weighted by Gasteiger charge is 2.11. The van der Waals surface area contributed by atoms with Gasteiger partial charge in [0.05, 0.1) is 5.69 Å². The zero-order valence-corrected chi connectivity index (χ0v) is 12.9. The molecule has 22 heavy (non-hydrogen) atoms. The van der Waals surface area contributed by atoms with Gasteiger partial charge < -0.3 is 5.73 Å². The van der Waals surface area contributed by atoms with Gasteiger partial charge in [-0.25, -0.2) is 4.98 Å². The van der Waals surface area contributed by atoms with Gasteiger partial charge in [0.2, 0.25) is 0 Å². The van der Waals surface area contributed by atoms with E-state index in [1.807, 2.05) is 31.2 Å². The Morgan fingerprint density at radius 1 is 1.05 bits per heavy atom. The minimum absolute atomic E-state index is 0.752. The van der Waals surface area contributed by atoms with E-state index < -0.39 is 0 Å². The molecule has 0 spiro atoms. The summed E-state index contributed by atoms with van der Waals surface area (Å²) in [5.74, 6) is 1.91. The first kappa shape index (κ1) is 14.7. The van der Waals surface area contributed by atoms with Crippen molar-refractivity contribution in [3.8, 4) is 11.3 Å². The Bertz CT molecular complexity index is 748. The SMILES string of the molecule is Cc1nc(-c2ccccc2)cc2nnc(CCCCCN)n12. The predicted octanol–water partition coefficient (Wildman–Crippen LogP) is 2.77. The lowest BCUT2D eigenvalue weighted by molar-refractivity contribution is 0.662. The second-order valence-corrected chi connectivity index (χ2v) is 5.46. The van der Waals surface area contributed by atoms with Gasteiger partial charge in [0, 0.05) is 18.1 Å². The smallest absolute Gasteiger partial charge is 0.164 e. The van der Waals surface area contributed by atoms with Crippen molar-refractivity contribution >= 4 is 5.65 Å². The monoisotopic (exact) mass is 295 g/mol. The summed E-state index contributed by atoms with van der Waals surface area (Å²) in [6, 6.07) is 12.2. The van der Waals surface area contributed by atoms with Gasteiger partial charge in [0.25, 0.3) is 0 Å². The van der Waals surface area contributed by atoms with E-state index in [-0.39, 0.29) is 0 Å². The fourth-order valence-electron chi connectivity index (χ4n) is 2.68. The van der Waals surface area contributed by atoms with Crippen molar-refractivity contribution in [3.05, 3.63) is 48.0 Å². The van der Waals surface area contributed by atoms with E-state index in [2.05, 4.69) is 26.7 Å². The summed E-state index contributed by atoms with van der Waals surface area (Å²) in [4.78, 5) is 4.71. The van der Waals surface area contributed by atoms with Gasteiger partial charge in [-0.15, -0.1) is 10.2 Å². The molecule has 0 radical (unpaired) electrons. The van der Waals surface area contributed by atoms with E-state index in [9.17, 15) is 0 Å². The van der Waals surface area contributed by atoms with Crippen LogP contribution < -0.4 is 5.73 Å². The molecule has 2 aromatic heterocycles. The summed E-state index contributed by atoms with van der Waals surface area (Å²) >= 11 is 0. The molecule has 2 N–H and O–H groups in total. The Morgan fingerprint density at radius 3 is 2.64 bits per heavy atom. The van der Waals surface area contributed by atoms with Crippen LogP contribution in [-0.4, -0.2) is 26.1 Å². The largest absolute Gasteiger partial charge is 0.330 e. The standard InChI is InChI=1S/C17H21N5/c1-13-19-15(14-8-4-2-5-9-14)12-17-21-20-16(22(13)17)10-6-3-7-11-18/h2,4-5,8-9,12H,3,6-7,10-11,18H2,1H3. The number of aryl methyl sites for hydroxylation is 2. The topological polar surface area (TPSA) is 69.1 Å². The number of rotatable bonds is 6. The molecular weight excluding hydrogens is 274 g/mol. The first-order valence-corrected chi connectivity index (χ1v) is 7.77. The summed E-state index contributed by atoms with van der Waals surface area (Å²) in [7, 11) is 0. The Hall–Kier alpha value is -2.27. The van der Waals surface area contributed by atoms with Crippen molar-refractivity contribution in [1.29, 1.82) is 0 Å². The Kier molecular flexibility index (Phi) is 4.44. The summed E-state index contributed by atoms with van der Waals surface area (Å²) in [6.07, 6.45) is 4.18. The quantitative estimate of drug-likeness (QED) is 0.710. The molecule has 0 aliphatic rings. The molecule has 0 fully saturated rings. The average Bonchev–Trinajstić information content (AvgIpc) is 2.96. The van der Waals surface area contributed by atoms with Crippen molar-refractivity contribution in [2.75, 3.05) is 6.54 Å². The van der Waals surface area contributed by atoms with Crippen LogP contribution in [0, 0.1) is 6.92 Å². The van der Waals surface area contributed by atoms with Crippen molar-refractivity contribution < 1.29 is 0 Å². The Morgan fingerprint density at radius 2 is 1.86 bits per heavy atom. The van der Waals surface area contributed by atoms with E-state index in [0.717, 1.165) is 60.8 Å². The van der Waals surface area contributed by atoms with Crippen LogP contribution in [0.1, 0.15) is 30.9 Å². The highest BCUT2D eigenvalue weighted by atomic mass is 15.3. The van der Waals surface area contributed by atoms with Crippen LogP contribution >= 0.6 is 0 Å². The Labute approximate surface area is 130 Å². The number of hydrogen-bond donors (Lipinski definition) is 1. The maximum Gasteiger partial charge on any atom is 0.164 e. The molecule has 0 aliphatic heterocycles. The number of nitrogens with zero attached hydrogens (tertiary/aromatic N) is 4. The van der Waals surface area contributed by atoms with E-state index in [4.69, 9.17) is 10.7 Å². The second kappa shape index (κ2) is 6.66. The zero-order valence-electron chi connectivity index (χ0n) is 12.9. The van der Waals surface area contributed by atoms with Crippen molar-refractivity contribution in [3.63, 3.8) is 0 Å². The summed E-state index contributed by atoms with van der Waals surface area (Å²) in [5.41, 5.74) is 8.43. The first-order valence-electron chi connectivity index (χ1n) is 7.77. The normalized spacial score (nSPS) is 11.2. The fraction of sp³-hybridized carbons (Fsp3) is 0.353. The van der Waals surface area contributed by atoms with Crippen LogP contribution in [0.25, 0.3) is 16.9 Å². The Balaban J connectivity index is 1.89. The minimum Gasteiger partial charge on any atom is -0.330 e. The van der Waals surface area contributed by atoms with Gasteiger partial charge in [0.15, 0.2) is 5.65 Å². The molecule has 0 saturated heterocycles. The number of nitrogens with two attached hydrogens (primary N) is 1. The van der Waals surface area contributed by atoms with Crippen molar-refractivity contribution in [2.45, 2.75) is 32.6 Å². The summed E-state index contributed by atoms with van der Waals surface area (Å²) < 4.78 is 2.05. The van der Waals surface area contributed by atoms with Gasteiger partial charge in [-0.2, -0.15) is 0 Å². The zero-order chi connectivity index (χ0) is 15.4. The molecule has 2 heterocycles. The molecule has 0 bridgehead atoms. The fourth-order valence-corrected chi connectivity index (χ4v) is 2.68. The molecule has 0 saturated carbocycles. The summed E-state index contributed by atoms with van der Waals surface area (Å²) in [6.45, 7) is 2.76. The first-order chi connectivity index (χ1) is 10.8. The highest BCUT2D eigenvalue weighted by molar-refractivity contribution is 5.63. The minimum atomic E-state index is 0.752. The van der Waals surface area contributed by atoms with Gasteiger partial charge in [-0.1, -0.05) is 36.8 Å². The molecular formula is C17H21N5. The van der Waals surface area contributed by atoms with Crippen molar-refractivity contribution in [1.82, 2.24) is 19.6 Å². The number of hydrogen-bond acceptors (Lipinski definition) is 4.